The van der Waals surface area contributed by atoms with Gasteiger partial charge in [-0.1, -0.05) is 23.2 Å². The summed E-state index contributed by atoms with van der Waals surface area (Å²) in [4.78, 5) is 12.0. The van der Waals surface area contributed by atoms with Crippen molar-refractivity contribution >= 4 is 34.9 Å². The van der Waals surface area contributed by atoms with Crippen LogP contribution in [0.15, 0.2) is 12.1 Å². The van der Waals surface area contributed by atoms with Crippen LogP contribution in [-0.2, 0) is 16.4 Å². The molecule has 166 valence electrons. The number of amides is 1. The third-order valence-corrected chi connectivity index (χ3v) is 5.28. The molecular weight excluding hydrogens is 475 g/mol. The molecule has 0 radical (unpaired) electrons. The topological polar surface area (TPSA) is 96.7 Å². The van der Waals surface area contributed by atoms with Crippen molar-refractivity contribution in [3.05, 3.63) is 39.0 Å². The first-order chi connectivity index (χ1) is 14.2. The smallest absolute Gasteiger partial charge is 0.369 e. The highest BCUT2D eigenvalue weighted by molar-refractivity contribution is 6.38. The van der Waals surface area contributed by atoms with Crippen molar-refractivity contribution in [1.29, 1.82) is 5.26 Å². The molecule has 1 fully saturated rings. The van der Waals surface area contributed by atoms with Crippen molar-refractivity contribution in [2.75, 3.05) is 11.9 Å². The number of nitriles is 1. The minimum atomic E-state index is -4.79. The average molecular weight is 486 g/mol. The van der Waals surface area contributed by atoms with E-state index in [0.29, 0.717) is 16.8 Å². The second-order valence-corrected chi connectivity index (χ2v) is 7.61. The average Bonchev–Trinajstić information content (AvgIpc) is 3.35. The van der Waals surface area contributed by atoms with E-state index in [9.17, 15) is 36.4 Å². The fraction of sp³-hybridized carbons (Fsp3) is 0.353. The lowest BCUT2D eigenvalue weighted by molar-refractivity contribution is -0.137. The van der Waals surface area contributed by atoms with E-state index in [1.165, 1.54) is 0 Å². The van der Waals surface area contributed by atoms with Gasteiger partial charge in [-0.2, -0.15) is 36.7 Å². The van der Waals surface area contributed by atoms with Gasteiger partial charge in [-0.15, -0.1) is 0 Å². The largest absolute Gasteiger partial charge is 0.416 e. The highest BCUT2D eigenvalue weighted by Crippen LogP contribution is 2.53. The van der Waals surface area contributed by atoms with Crippen LogP contribution in [0.4, 0.5) is 32.2 Å². The van der Waals surface area contributed by atoms with Gasteiger partial charge in [0.1, 0.15) is 24.1 Å². The van der Waals surface area contributed by atoms with E-state index >= 15 is 0 Å². The van der Waals surface area contributed by atoms with Gasteiger partial charge < -0.3 is 11.1 Å². The molecule has 0 spiro atoms. The summed E-state index contributed by atoms with van der Waals surface area (Å²) in [6.45, 7) is -1.60. The number of nitrogens with zero attached hydrogens (tertiary/aromatic N) is 3. The molecule has 1 aromatic carbocycles. The molecule has 3 rings (SSSR count). The van der Waals surface area contributed by atoms with Crippen molar-refractivity contribution in [3.8, 4) is 11.8 Å². The Bertz CT molecular complexity index is 1080. The van der Waals surface area contributed by atoms with E-state index in [2.05, 4.69) is 10.4 Å². The normalized spacial score (nSPS) is 15.5. The summed E-state index contributed by atoms with van der Waals surface area (Å²) >= 11 is 11.9. The number of halogens is 8. The molecular formula is C17H11Cl2F6N5O. The summed E-state index contributed by atoms with van der Waals surface area (Å²) in [6, 6.07) is 2.71. The summed E-state index contributed by atoms with van der Waals surface area (Å²) in [5, 5.41) is 14.2. The van der Waals surface area contributed by atoms with Crippen LogP contribution >= 0.6 is 23.2 Å². The highest BCUT2D eigenvalue weighted by atomic mass is 35.5. The second kappa shape index (κ2) is 7.49. The Morgan fingerprint density at radius 3 is 2.16 bits per heavy atom. The molecule has 0 aliphatic heterocycles. The molecule has 1 amide bonds. The summed E-state index contributed by atoms with van der Waals surface area (Å²) in [5.74, 6) is -1.35. The third kappa shape index (κ3) is 4.24. The molecule has 1 aliphatic rings. The molecule has 0 saturated heterocycles. The van der Waals surface area contributed by atoms with Crippen LogP contribution in [0.3, 0.4) is 0 Å². The number of anilines is 1. The predicted molar refractivity (Wildman–Crippen MR) is 98.0 cm³/mol. The minimum absolute atomic E-state index is 0.151. The molecule has 1 heterocycles. The number of carbonyl (C=O) groups is 1. The van der Waals surface area contributed by atoms with Crippen LogP contribution in [0.2, 0.25) is 10.0 Å². The molecule has 6 nitrogen and oxygen atoms in total. The molecule has 0 bridgehead atoms. The van der Waals surface area contributed by atoms with Crippen LogP contribution < -0.4 is 11.1 Å². The van der Waals surface area contributed by atoms with Gasteiger partial charge in [0.15, 0.2) is 5.69 Å². The molecule has 14 heteroatoms. The zero-order chi connectivity index (χ0) is 23.4. The van der Waals surface area contributed by atoms with Crippen molar-refractivity contribution in [2.45, 2.75) is 30.6 Å². The number of aromatic nitrogens is 2. The Morgan fingerprint density at radius 1 is 1.23 bits per heavy atom. The number of nitrogens with two attached hydrogens (primary N) is 1. The number of hydrogen-bond acceptors (Lipinski definition) is 4. The van der Waals surface area contributed by atoms with Gasteiger partial charge >= 0.3 is 12.4 Å². The number of hydrogen-bond donors (Lipinski definition) is 2. The maximum Gasteiger partial charge on any atom is 0.416 e. The van der Waals surface area contributed by atoms with Crippen molar-refractivity contribution < 1.29 is 31.1 Å². The SMILES string of the molecule is N#Cc1nn(-c2c(Cl)cc(C(F)(F)F)cc2Cl)c(NCC(F)(F)F)c1C1(C(N)=O)CC1. The van der Waals surface area contributed by atoms with E-state index in [4.69, 9.17) is 28.9 Å². The van der Waals surface area contributed by atoms with Gasteiger partial charge in [-0.05, 0) is 25.0 Å². The van der Waals surface area contributed by atoms with Crippen molar-refractivity contribution in [3.63, 3.8) is 0 Å². The quantitative estimate of drug-likeness (QED) is 0.606. The second-order valence-electron chi connectivity index (χ2n) is 6.80. The summed E-state index contributed by atoms with van der Waals surface area (Å²) < 4.78 is 78.4. The molecule has 1 aromatic heterocycles. The first-order valence-electron chi connectivity index (χ1n) is 8.42. The van der Waals surface area contributed by atoms with Crippen LogP contribution in [0.25, 0.3) is 5.69 Å². The number of nitrogens with one attached hydrogen (secondary N) is 1. The number of primary amides is 1. The van der Waals surface area contributed by atoms with Crippen molar-refractivity contribution in [1.82, 2.24) is 9.78 Å². The van der Waals surface area contributed by atoms with E-state index < -0.39 is 63.0 Å². The Morgan fingerprint density at radius 2 is 1.77 bits per heavy atom. The minimum Gasteiger partial charge on any atom is -0.369 e. The predicted octanol–water partition coefficient (Wildman–Crippen LogP) is 4.56. The van der Waals surface area contributed by atoms with Crippen LogP contribution in [0, 0.1) is 11.3 Å². The zero-order valence-electron chi connectivity index (χ0n) is 15.1. The molecule has 1 aliphatic carbocycles. The molecule has 3 N–H and O–H groups in total. The molecule has 31 heavy (non-hydrogen) atoms. The first-order valence-corrected chi connectivity index (χ1v) is 9.17. The Balaban J connectivity index is 2.28. The lowest BCUT2D eigenvalue weighted by atomic mass is 9.94. The Hall–Kier alpha value is -2.65. The number of alkyl halides is 6. The number of carbonyl (C=O) groups excluding carboxylic acids is 1. The number of benzene rings is 1. The monoisotopic (exact) mass is 485 g/mol. The van der Waals surface area contributed by atoms with Gasteiger partial charge in [0.05, 0.1) is 21.0 Å². The maximum absolute atomic E-state index is 13.0. The molecule has 1 saturated carbocycles. The molecule has 0 atom stereocenters. The van der Waals surface area contributed by atoms with Gasteiger partial charge in [-0.25, -0.2) is 4.68 Å². The molecule has 0 unspecified atom stereocenters. The summed E-state index contributed by atoms with van der Waals surface area (Å²) in [6.07, 6.45) is -9.20. The lowest BCUT2D eigenvalue weighted by Crippen LogP contribution is -2.31. The van der Waals surface area contributed by atoms with Gasteiger partial charge in [0.25, 0.3) is 0 Å². The van der Waals surface area contributed by atoms with Gasteiger partial charge in [-0.3, -0.25) is 4.79 Å². The fourth-order valence-corrected chi connectivity index (χ4v) is 3.78. The van der Waals surface area contributed by atoms with E-state index in [1.54, 1.807) is 6.07 Å². The van der Waals surface area contributed by atoms with E-state index in [0.717, 1.165) is 0 Å². The van der Waals surface area contributed by atoms with E-state index in [1.807, 2.05) is 0 Å². The number of rotatable bonds is 5. The first kappa shape index (κ1) is 23.0. The maximum atomic E-state index is 13.0. The highest BCUT2D eigenvalue weighted by Gasteiger charge is 2.55. The zero-order valence-corrected chi connectivity index (χ0v) is 16.6. The standard InChI is InChI=1S/C17H11Cl2F6N5O/c18-8-3-7(17(23,24)25)4-9(19)12(8)30-13(28-6-16(20,21)22)11(10(5-26)29-30)15(1-2-15)14(27)31/h3-4,28H,1-2,6H2,(H2,27,31). The van der Waals surface area contributed by atoms with Crippen molar-refractivity contribution in [2.24, 2.45) is 5.73 Å². The Labute approximate surface area is 180 Å². The van der Waals surface area contributed by atoms with Gasteiger partial charge in [0.2, 0.25) is 5.91 Å². The third-order valence-electron chi connectivity index (χ3n) is 4.70. The summed E-state index contributed by atoms with van der Waals surface area (Å²) in [7, 11) is 0. The van der Waals surface area contributed by atoms with Crippen LogP contribution in [0.5, 0.6) is 0 Å². The Kier molecular flexibility index (Phi) is 5.56. The molecule has 2 aromatic rings. The summed E-state index contributed by atoms with van der Waals surface area (Å²) in [5.41, 5.74) is 1.73. The van der Waals surface area contributed by atoms with E-state index in [-0.39, 0.29) is 18.4 Å². The van der Waals surface area contributed by atoms with Gasteiger partial charge in [0, 0.05) is 5.56 Å². The van der Waals surface area contributed by atoms with Crippen LogP contribution in [-0.4, -0.2) is 28.4 Å². The fourth-order valence-electron chi connectivity index (χ4n) is 3.13. The van der Waals surface area contributed by atoms with Crippen LogP contribution in [0.1, 0.15) is 29.7 Å². The lowest BCUT2D eigenvalue weighted by Gasteiger charge is -2.18.